The number of rotatable bonds is 4. The summed E-state index contributed by atoms with van der Waals surface area (Å²) in [6.45, 7) is 10.6. The van der Waals surface area contributed by atoms with Crippen LogP contribution in [0.3, 0.4) is 0 Å². The summed E-state index contributed by atoms with van der Waals surface area (Å²) in [6, 6.07) is 2.05. The van der Waals surface area contributed by atoms with Gasteiger partial charge in [0, 0.05) is 17.3 Å². The van der Waals surface area contributed by atoms with Gasteiger partial charge in [0.25, 0.3) is 0 Å². The number of hydrogen-bond donors (Lipinski definition) is 1. The van der Waals surface area contributed by atoms with Crippen molar-refractivity contribution in [1.29, 1.82) is 5.26 Å². The molecule has 5 nitrogen and oxygen atoms in total. The topological polar surface area (TPSA) is 74.5 Å². The highest BCUT2D eigenvalue weighted by Gasteiger charge is 2.37. The number of aliphatic imine (C=N–C) groups is 1. The number of nitriles is 1. The Balaban J connectivity index is 2.73. The molecule has 0 spiro atoms. The van der Waals surface area contributed by atoms with Gasteiger partial charge >= 0.3 is 5.97 Å². The molecule has 5 heteroatoms. The monoisotopic (exact) mass is 279 g/mol. The predicted molar refractivity (Wildman–Crippen MR) is 78.5 cm³/mol. The van der Waals surface area contributed by atoms with E-state index in [0.717, 1.165) is 12.8 Å². The Morgan fingerprint density at radius 3 is 2.45 bits per heavy atom. The van der Waals surface area contributed by atoms with Gasteiger partial charge in [0.15, 0.2) is 5.92 Å². The lowest BCUT2D eigenvalue weighted by Crippen LogP contribution is -2.58. The van der Waals surface area contributed by atoms with Gasteiger partial charge in [-0.3, -0.25) is 9.79 Å². The van der Waals surface area contributed by atoms with Gasteiger partial charge in [-0.1, -0.05) is 0 Å². The standard InChI is InChI=1S/C15H25N3O2/c1-6-20-13(19)11(9-16)10-17-12-7-14(2,3)18-15(4,5)8-12/h10-12,18H,6-8H2,1-5H3/t11-/m0/s1. The van der Waals surface area contributed by atoms with Crippen LogP contribution in [0.4, 0.5) is 0 Å². The van der Waals surface area contributed by atoms with Gasteiger partial charge in [0.05, 0.1) is 18.7 Å². The Bertz CT molecular complexity index is 405. The molecule has 0 aliphatic carbocycles. The highest BCUT2D eigenvalue weighted by atomic mass is 16.5. The minimum Gasteiger partial charge on any atom is -0.465 e. The van der Waals surface area contributed by atoms with E-state index in [-0.39, 0.29) is 23.7 Å². The van der Waals surface area contributed by atoms with Gasteiger partial charge in [0.2, 0.25) is 0 Å². The van der Waals surface area contributed by atoms with Gasteiger partial charge in [-0.15, -0.1) is 0 Å². The largest absolute Gasteiger partial charge is 0.465 e. The zero-order valence-electron chi connectivity index (χ0n) is 13.1. The zero-order valence-corrected chi connectivity index (χ0v) is 13.1. The quantitative estimate of drug-likeness (QED) is 0.631. The maximum Gasteiger partial charge on any atom is 0.328 e. The van der Waals surface area contributed by atoms with E-state index in [1.807, 2.05) is 6.07 Å². The fraction of sp³-hybridized carbons (Fsp3) is 0.800. The second-order valence-corrected chi connectivity index (χ2v) is 6.61. The molecule has 0 aromatic heterocycles. The van der Waals surface area contributed by atoms with E-state index in [1.165, 1.54) is 6.21 Å². The maximum absolute atomic E-state index is 11.6. The molecule has 20 heavy (non-hydrogen) atoms. The minimum atomic E-state index is -0.906. The first kappa shape index (κ1) is 16.6. The molecular weight excluding hydrogens is 254 g/mol. The molecule has 0 radical (unpaired) electrons. The predicted octanol–water partition coefficient (Wildman–Crippen LogP) is 2.07. The molecule has 1 rings (SSSR count). The third kappa shape index (κ3) is 4.93. The van der Waals surface area contributed by atoms with E-state index in [2.05, 4.69) is 38.0 Å². The average molecular weight is 279 g/mol. The number of hydrogen-bond acceptors (Lipinski definition) is 5. The van der Waals surface area contributed by atoms with Crippen LogP contribution in [0.25, 0.3) is 0 Å². The molecular formula is C15H25N3O2. The second-order valence-electron chi connectivity index (χ2n) is 6.61. The van der Waals surface area contributed by atoms with Crippen LogP contribution in [0, 0.1) is 17.2 Å². The number of nitrogens with one attached hydrogen (secondary N) is 1. The summed E-state index contributed by atoms with van der Waals surface area (Å²) in [5, 5.41) is 12.6. The average Bonchev–Trinajstić information content (AvgIpc) is 2.25. The molecule has 1 atom stereocenters. The summed E-state index contributed by atoms with van der Waals surface area (Å²) < 4.78 is 4.85. The van der Waals surface area contributed by atoms with E-state index in [1.54, 1.807) is 6.92 Å². The Morgan fingerprint density at radius 1 is 1.45 bits per heavy atom. The molecule has 112 valence electrons. The van der Waals surface area contributed by atoms with Crippen molar-refractivity contribution in [3.05, 3.63) is 0 Å². The fourth-order valence-corrected chi connectivity index (χ4v) is 2.96. The van der Waals surface area contributed by atoms with E-state index >= 15 is 0 Å². The van der Waals surface area contributed by atoms with Gasteiger partial charge in [-0.2, -0.15) is 5.26 Å². The summed E-state index contributed by atoms with van der Waals surface area (Å²) in [5.74, 6) is -1.43. The first-order valence-corrected chi connectivity index (χ1v) is 7.08. The number of carbonyl (C=O) groups excluding carboxylic acids is 1. The van der Waals surface area contributed by atoms with Crippen LogP contribution in [0.2, 0.25) is 0 Å². The van der Waals surface area contributed by atoms with E-state index in [0.29, 0.717) is 0 Å². The highest BCUT2D eigenvalue weighted by molar-refractivity contribution is 5.92. The molecule has 0 aromatic rings. The van der Waals surface area contributed by atoms with Crippen LogP contribution in [0.1, 0.15) is 47.5 Å². The third-order valence-corrected chi connectivity index (χ3v) is 3.29. The van der Waals surface area contributed by atoms with Crippen molar-refractivity contribution in [3.8, 4) is 6.07 Å². The lowest BCUT2D eigenvalue weighted by atomic mass is 9.80. The van der Waals surface area contributed by atoms with E-state index < -0.39 is 11.9 Å². The highest BCUT2D eigenvalue weighted by Crippen LogP contribution is 2.30. The van der Waals surface area contributed by atoms with Crippen molar-refractivity contribution in [2.45, 2.75) is 64.6 Å². The van der Waals surface area contributed by atoms with Gasteiger partial charge in [0.1, 0.15) is 0 Å². The van der Waals surface area contributed by atoms with Crippen LogP contribution in [-0.2, 0) is 9.53 Å². The molecule has 0 saturated carbocycles. The van der Waals surface area contributed by atoms with Crippen LogP contribution in [-0.4, -0.2) is 35.9 Å². The molecule has 1 aliphatic rings. The molecule has 1 fully saturated rings. The lowest BCUT2D eigenvalue weighted by Gasteiger charge is -2.45. The molecule has 0 amide bonds. The summed E-state index contributed by atoms with van der Waals surface area (Å²) >= 11 is 0. The Labute approximate surface area is 121 Å². The van der Waals surface area contributed by atoms with Crippen LogP contribution < -0.4 is 5.32 Å². The molecule has 0 aromatic carbocycles. The summed E-state index contributed by atoms with van der Waals surface area (Å²) in [5.41, 5.74) is -0.00829. The molecule has 0 bridgehead atoms. The normalized spacial score (nSPS) is 23.2. The number of nitrogens with zero attached hydrogens (tertiary/aromatic N) is 2. The summed E-state index contributed by atoms with van der Waals surface area (Å²) in [7, 11) is 0. The number of piperidine rings is 1. The smallest absolute Gasteiger partial charge is 0.328 e. The first-order chi connectivity index (χ1) is 9.19. The lowest BCUT2D eigenvalue weighted by molar-refractivity contribution is -0.143. The van der Waals surface area contributed by atoms with Gasteiger partial charge in [-0.05, 0) is 47.5 Å². The van der Waals surface area contributed by atoms with Crippen LogP contribution >= 0.6 is 0 Å². The molecule has 1 saturated heterocycles. The minimum absolute atomic E-state index is 0.00414. The summed E-state index contributed by atoms with van der Waals surface area (Å²) in [6.07, 6.45) is 3.21. The molecule has 1 aliphatic heterocycles. The van der Waals surface area contributed by atoms with Crippen molar-refractivity contribution in [2.75, 3.05) is 6.61 Å². The number of carbonyl (C=O) groups is 1. The Hall–Kier alpha value is -1.41. The van der Waals surface area contributed by atoms with Crippen molar-refractivity contribution < 1.29 is 9.53 Å². The SMILES string of the molecule is CCOC(=O)[C@@H](C#N)C=NC1CC(C)(C)NC(C)(C)C1. The van der Waals surface area contributed by atoms with Gasteiger partial charge in [-0.25, -0.2) is 0 Å². The van der Waals surface area contributed by atoms with Crippen molar-refractivity contribution in [2.24, 2.45) is 10.9 Å². The van der Waals surface area contributed by atoms with Gasteiger partial charge < -0.3 is 10.1 Å². The van der Waals surface area contributed by atoms with Crippen molar-refractivity contribution >= 4 is 12.2 Å². The first-order valence-electron chi connectivity index (χ1n) is 7.08. The maximum atomic E-state index is 11.6. The van der Waals surface area contributed by atoms with E-state index in [4.69, 9.17) is 10.00 Å². The van der Waals surface area contributed by atoms with E-state index in [9.17, 15) is 4.79 Å². The number of esters is 1. The molecule has 1 N–H and O–H groups in total. The van der Waals surface area contributed by atoms with Crippen molar-refractivity contribution in [1.82, 2.24) is 5.32 Å². The second kappa shape index (κ2) is 6.36. The summed E-state index contributed by atoms with van der Waals surface area (Å²) in [4.78, 5) is 16.0. The molecule has 0 unspecified atom stereocenters. The third-order valence-electron chi connectivity index (χ3n) is 3.29. The van der Waals surface area contributed by atoms with Crippen molar-refractivity contribution in [3.63, 3.8) is 0 Å². The molecule has 1 heterocycles. The van der Waals surface area contributed by atoms with Crippen LogP contribution in [0.5, 0.6) is 0 Å². The Kier molecular flexibility index (Phi) is 5.29. The van der Waals surface area contributed by atoms with Crippen LogP contribution in [0.15, 0.2) is 4.99 Å². The fourth-order valence-electron chi connectivity index (χ4n) is 2.96. The Morgan fingerprint density at radius 2 is 2.00 bits per heavy atom. The zero-order chi connectivity index (χ0) is 15.4. The number of ether oxygens (including phenoxy) is 1.